The van der Waals surface area contributed by atoms with Crippen molar-refractivity contribution in [3.05, 3.63) is 23.8 Å². The van der Waals surface area contributed by atoms with Gasteiger partial charge in [0.05, 0.1) is 10.8 Å². The van der Waals surface area contributed by atoms with Gasteiger partial charge in [-0.2, -0.15) is 4.31 Å². The normalized spacial score (nSPS) is 23.3. The smallest absolute Gasteiger partial charge is 0.243 e. The molecule has 2 aliphatic heterocycles. The zero-order valence-corrected chi connectivity index (χ0v) is 19.8. The number of rotatable bonds is 4. The van der Waals surface area contributed by atoms with Crippen molar-refractivity contribution in [1.29, 1.82) is 0 Å². The van der Waals surface area contributed by atoms with Crippen LogP contribution in [0.1, 0.15) is 70.3 Å². The lowest BCUT2D eigenvalue weighted by Crippen LogP contribution is -2.47. The lowest BCUT2D eigenvalue weighted by atomic mass is 9.97. The third-order valence-electron chi connectivity index (χ3n) is 7.14. The predicted octanol–water partition coefficient (Wildman–Crippen LogP) is 3.23. The summed E-state index contributed by atoms with van der Waals surface area (Å²) in [5, 5.41) is 3.20. The highest BCUT2D eigenvalue weighted by Crippen LogP contribution is 2.32. The van der Waals surface area contributed by atoms with Gasteiger partial charge < -0.3 is 10.2 Å². The summed E-state index contributed by atoms with van der Waals surface area (Å²) in [6.45, 7) is 2.87. The van der Waals surface area contributed by atoms with Crippen molar-refractivity contribution in [2.45, 2.75) is 82.1 Å². The summed E-state index contributed by atoms with van der Waals surface area (Å²) in [6.07, 6.45) is 9.79. The molecule has 0 aromatic heterocycles. The van der Waals surface area contributed by atoms with Crippen molar-refractivity contribution in [2.24, 2.45) is 5.92 Å². The van der Waals surface area contributed by atoms with E-state index in [1.54, 1.807) is 23.1 Å². The number of fused-ring (bicyclic) bond motifs is 1. The molecule has 1 saturated carbocycles. The standard InChI is InChI=1S/C24H35N3O4S/c1-18(28)27-15-7-8-19-16-22(12-13-23(19)27)32(30,31)26-14-6-9-20(17-26)24(29)25-21-10-4-2-3-5-11-21/h12-13,16,20-21H,2-11,14-15,17H2,1H3,(H,25,29). The molecule has 1 aromatic rings. The molecule has 2 fully saturated rings. The molecule has 1 aromatic carbocycles. The van der Waals surface area contributed by atoms with Gasteiger partial charge in [0.1, 0.15) is 0 Å². The second kappa shape index (κ2) is 9.91. The second-order valence-corrected chi connectivity index (χ2v) is 11.4. The number of carbonyl (C=O) groups is 2. The number of anilines is 1. The lowest BCUT2D eigenvalue weighted by Gasteiger charge is -2.33. The molecule has 2 heterocycles. The monoisotopic (exact) mass is 461 g/mol. The summed E-state index contributed by atoms with van der Waals surface area (Å²) in [5.41, 5.74) is 1.70. The van der Waals surface area contributed by atoms with E-state index in [1.807, 2.05) is 0 Å². The van der Waals surface area contributed by atoms with Crippen LogP contribution in [0, 0.1) is 5.92 Å². The number of nitrogens with one attached hydrogen (secondary N) is 1. The van der Waals surface area contributed by atoms with Crippen molar-refractivity contribution in [1.82, 2.24) is 9.62 Å². The van der Waals surface area contributed by atoms with Crippen molar-refractivity contribution in [3.63, 3.8) is 0 Å². The van der Waals surface area contributed by atoms with E-state index in [9.17, 15) is 18.0 Å². The van der Waals surface area contributed by atoms with E-state index in [1.165, 1.54) is 24.1 Å². The van der Waals surface area contributed by atoms with Crippen LogP contribution in [0.15, 0.2) is 23.1 Å². The number of hydrogen-bond acceptors (Lipinski definition) is 4. The number of sulfonamides is 1. The van der Waals surface area contributed by atoms with Crippen molar-refractivity contribution < 1.29 is 18.0 Å². The van der Waals surface area contributed by atoms with E-state index in [2.05, 4.69) is 5.32 Å². The number of carbonyl (C=O) groups excluding carboxylic acids is 2. The Kier molecular flexibility index (Phi) is 7.20. The maximum atomic E-state index is 13.4. The quantitative estimate of drug-likeness (QED) is 0.698. The Morgan fingerprint density at radius 1 is 0.969 bits per heavy atom. The SMILES string of the molecule is CC(=O)N1CCCc2cc(S(=O)(=O)N3CCCC(C(=O)NC4CCCCCC4)C3)ccc21. The molecule has 0 bridgehead atoms. The second-order valence-electron chi connectivity index (χ2n) is 9.46. The first-order valence-corrected chi connectivity index (χ1v) is 13.5. The summed E-state index contributed by atoms with van der Waals surface area (Å²) < 4.78 is 28.3. The van der Waals surface area contributed by atoms with Crippen LogP contribution in [-0.2, 0) is 26.0 Å². The topological polar surface area (TPSA) is 86.8 Å². The fourth-order valence-corrected chi connectivity index (χ4v) is 6.90. The minimum absolute atomic E-state index is 0.000610. The predicted molar refractivity (Wildman–Crippen MR) is 124 cm³/mol. The van der Waals surface area contributed by atoms with Crippen LogP contribution in [0.25, 0.3) is 0 Å². The fourth-order valence-electron chi connectivity index (χ4n) is 5.33. The minimum atomic E-state index is -3.69. The molecule has 1 N–H and O–H groups in total. The van der Waals surface area contributed by atoms with E-state index in [0.29, 0.717) is 19.5 Å². The number of amides is 2. The van der Waals surface area contributed by atoms with Gasteiger partial charge in [0.15, 0.2) is 0 Å². The molecule has 3 aliphatic rings. The van der Waals surface area contributed by atoms with Crippen LogP contribution >= 0.6 is 0 Å². The summed E-state index contributed by atoms with van der Waals surface area (Å²) >= 11 is 0. The zero-order chi connectivity index (χ0) is 22.7. The molecule has 0 spiro atoms. The van der Waals surface area contributed by atoms with Crippen LogP contribution in [0.2, 0.25) is 0 Å². The van der Waals surface area contributed by atoms with E-state index in [-0.39, 0.29) is 35.2 Å². The minimum Gasteiger partial charge on any atom is -0.353 e. The molecule has 32 heavy (non-hydrogen) atoms. The Hall–Kier alpha value is -1.93. The average Bonchev–Trinajstić information content (AvgIpc) is 3.07. The Balaban J connectivity index is 1.46. The molecular weight excluding hydrogens is 426 g/mol. The van der Waals surface area contributed by atoms with Crippen LogP contribution in [-0.4, -0.2) is 50.2 Å². The third kappa shape index (κ3) is 5.01. The Morgan fingerprint density at radius 3 is 2.44 bits per heavy atom. The van der Waals surface area contributed by atoms with Crippen LogP contribution in [0.4, 0.5) is 5.69 Å². The highest BCUT2D eigenvalue weighted by atomic mass is 32.2. The van der Waals surface area contributed by atoms with Crippen LogP contribution in [0.3, 0.4) is 0 Å². The summed E-state index contributed by atoms with van der Waals surface area (Å²) in [4.78, 5) is 26.8. The van der Waals surface area contributed by atoms with Gasteiger partial charge in [0.2, 0.25) is 21.8 Å². The first kappa shape index (κ1) is 23.2. The fraction of sp³-hybridized carbons (Fsp3) is 0.667. The maximum Gasteiger partial charge on any atom is 0.243 e. The van der Waals surface area contributed by atoms with E-state index >= 15 is 0 Å². The molecule has 2 amide bonds. The van der Waals surface area contributed by atoms with Crippen LogP contribution < -0.4 is 10.2 Å². The highest BCUT2D eigenvalue weighted by Gasteiger charge is 2.34. The Labute approximate surface area is 191 Å². The van der Waals surface area contributed by atoms with Crippen molar-refractivity contribution in [3.8, 4) is 0 Å². The van der Waals surface area contributed by atoms with Gasteiger partial charge >= 0.3 is 0 Å². The van der Waals surface area contributed by atoms with Gasteiger partial charge in [-0.15, -0.1) is 0 Å². The molecule has 7 nitrogen and oxygen atoms in total. The Morgan fingerprint density at radius 2 is 1.72 bits per heavy atom. The lowest BCUT2D eigenvalue weighted by molar-refractivity contribution is -0.126. The molecule has 1 atom stereocenters. The van der Waals surface area contributed by atoms with Gasteiger partial charge in [-0.1, -0.05) is 25.7 Å². The average molecular weight is 462 g/mol. The van der Waals surface area contributed by atoms with Gasteiger partial charge in [0, 0.05) is 38.3 Å². The molecule has 176 valence electrons. The number of nitrogens with zero attached hydrogens (tertiary/aromatic N) is 2. The summed E-state index contributed by atoms with van der Waals surface area (Å²) in [6, 6.07) is 5.30. The Bertz CT molecular complexity index is 954. The molecule has 4 rings (SSSR count). The van der Waals surface area contributed by atoms with Gasteiger partial charge in [-0.25, -0.2) is 8.42 Å². The number of piperidine rings is 1. The van der Waals surface area contributed by atoms with E-state index in [0.717, 1.165) is 56.2 Å². The summed E-state index contributed by atoms with van der Waals surface area (Å²) in [5.74, 6) is -0.327. The molecule has 1 aliphatic carbocycles. The number of benzene rings is 1. The van der Waals surface area contributed by atoms with E-state index in [4.69, 9.17) is 0 Å². The molecule has 0 radical (unpaired) electrons. The van der Waals surface area contributed by atoms with Crippen LogP contribution in [0.5, 0.6) is 0 Å². The zero-order valence-electron chi connectivity index (χ0n) is 19.0. The summed E-state index contributed by atoms with van der Waals surface area (Å²) in [7, 11) is -3.69. The first-order chi connectivity index (χ1) is 15.4. The van der Waals surface area contributed by atoms with Gasteiger partial charge in [-0.3, -0.25) is 9.59 Å². The van der Waals surface area contributed by atoms with Crippen molar-refractivity contribution in [2.75, 3.05) is 24.5 Å². The van der Waals surface area contributed by atoms with Crippen molar-refractivity contribution >= 4 is 27.5 Å². The molecule has 1 saturated heterocycles. The molecule has 8 heteroatoms. The molecule has 1 unspecified atom stereocenters. The van der Waals surface area contributed by atoms with Gasteiger partial charge in [0.25, 0.3) is 0 Å². The van der Waals surface area contributed by atoms with E-state index < -0.39 is 10.0 Å². The number of aryl methyl sites for hydroxylation is 1. The highest BCUT2D eigenvalue weighted by molar-refractivity contribution is 7.89. The number of hydrogen-bond donors (Lipinski definition) is 1. The first-order valence-electron chi connectivity index (χ1n) is 12.1. The molecular formula is C24H35N3O4S. The van der Waals surface area contributed by atoms with Gasteiger partial charge in [-0.05, 0) is 62.3 Å². The maximum absolute atomic E-state index is 13.4. The largest absolute Gasteiger partial charge is 0.353 e. The third-order valence-corrected chi connectivity index (χ3v) is 9.01.